The fourth-order valence-corrected chi connectivity index (χ4v) is 4.20. The van der Waals surface area contributed by atoms with Gasteiger partial charge in [0.25, 0.3) is 0 Å². The van der Waals surface area contributed by atoms with Crippen molar-refractivity contribution in [2.45, 2.75) is 0 Å². The average Bonchev–Trinajstić information content (AvgIpc) is 3.52. The second kappa shape index (κ2) is 10.1. The van der Waals surface area contributed by atoms with Gasteiger partial charge in [-0.15, -0.1) is 22.7 Å². The van der Waals surface area contributed by atoms with E-state index in [-0.39, 0.29) is 11.5 Å². The van der Waals surface area contributed by atoms with Gasteiger partial charge >= 0.3 is 11.9 Å². The average molecular weight is 501 g/mol. The minimum Gasteiger partial charge on any atom is -0.418 e. The Balaban J connectivity index is 1.86. The number of benzene rings is 2. The SMILES string of the molecule is O=C(O/C(=C(/OC(=O)c1cccs1)c1ccc(Cl)cc1)c1ccc(Cl)cc1)c1cccs1. The van der Waals surface area contributed by atoms with Crippen LogP contribution in [0.1, 0.15) is 30.5 Å². The number of esters is 2. The van der Waals surface area contributed by atoms with Crippen LogP contribution in [-0.2, 0) is 9.47 Å². The molecular formula is C24H14Cl2O4S2. The van der Waals surface area contributed by atoms with Gasteiger partial charge in [0, 0.05) is 21.2 Å². The van der Waals surface area contributed by atoms with Gasteiger partial charge in [0.1, 0.15) is 9.75 Å². The maximum atomic E-state index is 12.8. The quantitative estimate of drug-likeness (QED) is 0.155. The number of rotatable bonds is 6. The summed E-state index contributed by atoms with van der Waals surface area (Å²) in [5.74, 6) is -0.952. The fraction of sp³-hybridized carbons (Fsp3) is 0. The molecule has 0 unspecified atom stereocenters. The molecule has 0 radical (unpaired) electrons. The first-order chi connectivity index (χ1) is 15.5. The van der Waals surface area contributed by atoms with E-state index in [1.165, 1.54) is 22.7 Å². The van der Waals surface area contributed by atoms with Crippen molar-refractivity contribution in [3.8, 4) is 0 Å². The lowest BCUT2D eigenvalue weighted by Crippen LogP contribution is -2.10. The van der Waals surface area contributed by atoms with Crippen molar-refractivity contribution in [3.63, 3.8) is 0 Å². The molecule has 0 atom stereocenters. The summed E-state index contributed by atoms with van der Waals surface area (Å²) in [5.41, 5.74) is 1.03. The molecule has 0 saturated carbocycles. The van der Waals surface area contributed by atoms with Crippen LogP contribution in [0.4, 0.5) is 0 Å². The Bertz CT molecular complexity index is 1140. The first-order valence-corrected chi connectivity index (χ1v) is 11.8. The summed E-state index contributed by atoms with van der Waals surface area (Å²) in [7, 11) is 0. The molecule has 4 rings (SSSR count). The summed E-state index contributed by atoms with van der Waals surface area (Å²) in [6, 6.07) is 20.2. The molecule has 4 nitrogen and oxygen atoms in total. The highest BCUT2D eigenvalue weighted by Crippen LogP contribution is 2.32. The van der Waals surface area contributed by atoms with Gasteiger partial charge in [-0.2, -0.15) is 0 Å². The van der Waals surface area contributed by atoms with Crippen LogP contribution in [0.2, 0.25) is 10.0 Å². The molecule has 0 aliphatic rings. The van der Waals surface area contributed by atoms with Crippen LogP contribution in [-0.4, -0.2) is 11.9 Å². The van der Waals surface area contributed by atoms with Crippen LogP contribution < -0.4 is 0 Å². The van der Waals surface area contributed by atoms with Crippen molar-refractivity contribution in [2.75, 3.05) is 0 Å². The molecule has 4 aromatic rings. The van der Waals surface area contributed by atoms with E-state index in [1.54, 1.807) is 83.6 Å². The van der Waals surface area contributed by atoms with Gasteiger partial charge < -0.3 is 9.47 Å². The van der Waals surface area contributed by atoms with E-state index < -0.39 is 11.9 Å². The van der Waals surface area contributed by atoms with Gasteiger partial charge in [-0.05, 0) is 71.4 Å². The summed E-state index contributed by atoms with van der Waals surface area (Å²) in [5, 5.41) is 4.58. The Labute approximate surface area is 202 Å². The zero-order valence-electron chi connectivity index (χ0n) is 16.3. The van der Waals surface area contributed by atoms with E-state index in [0.29, 0.717) is 30.9 Å². The molecule has 0 bridgehead atoms. The van der Waals surface area contributed by atoms with Crippen molar-refractivity contribution in [1.29, 1.82) is 0 Å². The number of thiophene rings is 2. The van der Waals surface area contributed by atoms with Crippen molar-refractivity contribution in [1.82, 2.24) is 0 Å². The van der Waals surface area contributed by atoms with Crippen molar-refractivity contribution < 1.29 is 19.1 Å². The lowest BCUT2D eigenvalue weighted by atomic mass is 10.1. The summed E-state index contributed by atoms with van der Waals surface area (Å²) >= 11 is 14.6. The largest absolute Gasteiger partial charge is 0.418 e. The minimum absolute atomic E-state index is 0.0901. The van der Waals surface area contributed by atoms with Crippen LogP contribution >= 0.6 is 45.9 Å². The molecule has 0 aliphatic carbocycles. The van der Waals surface area contributed by atoms with Crippen LogP contribution in [0.15, 0.2) is 83.6 Å². The van der Waals surface area contributed by atoms with Crippen molar-refractivity contribution >= 4 is 69.3 Å². The topological polar surface area (TPSA) is 52.6 Å². The molecule has 0 N–H and O–H groups in total. The Hall–Kier alpha value is -2.90. The smallest absolute Gasteiger partial charge is 0.353 e. The Kier molecular flexibility index (Phi) is 7.07. The zero-order valence-corrected chi connectivity index (χ0v) is 19.4. The number of hydrogen-bond acceptors (Lipinski definition) is 6. The van der Waals surface area contributed by atoms with E-state index in [1.807, 2.05) is 0 Å². The molecule has 0 saturated heterocycles. The van der Waals surface area contributed by atoms with E-state index in [9.17, 15) is 9.59 Å². The highest BCUT2D eigenvalue weighted by atomic mass is 35.5. The summed E-state index contributed by atoms with van der Waals surface area (Å²) < 4.78 is 11.6. The molecule has 2 heterocycles. The first-order valence-electron chi connectivity index (χ1n) is 9.29. The number of carbonyl (C=O) groups excluding carboxylic acids is 2. The summed E-state index contributed by atoms with van der Waals surface area (Å²) in [4.78, 5) is 26.5. The van der Waals surface area contributed by atoms with E-state index >= 15 is 0 Å². The molecular weight excluding hydrogens is 487 g/mol. The Morgan fingerprint density at radius 1 is 0.594 bits per heavy atom. The molecule has 2 aromatic heterocycles. The first kappa shape index (κ1) is 22.3. The monoisotopic (exact) mass is 500 g/mol. The second-order valence-electron chi connectivity index (χ2n) is 6.41. The molecule has 8 heteroatoms. The Morgan fingerprint density at radius 2 is 0.969 bits per heavy atom. The molecule has 0 spiro atoms. The third kappa shape index (κ3) is 5.29. The third-order valence-electron chi connectivity index (χ3n) is 4.25. The predicted octanol–water partition coefficient (Wildman–Crippen LogP) is 7.66. The molecule has 32 heavy (non-hydrogen) atoms. The normalized spacial score (nSPS) is 11.6. The number of halogens is 2. The lowest BCUT2D eigenvalue weighted by molar-refractivity contribution is 0.0652. The van der Waals surface area contributed by atoms with Gasteiger partial charge in [0.2, 0.25) is 0 Å². The van der Waals surface area contributed by atoms with Crippen LogP contribution in [0.25, 0.3) is 11.5 Å². The predicted molar refractivity (Wildman–Crippen MR) is 129 cm³/mol. The van der Waals surface area contributed by atoms with E-state index in [2.05, 4.69) is 0 Å². The maximum absolute atomic E-state index is 12.8. The van der Waals surface area contributed by atoms with Gasteiger partial charge in [-0.1, -0.05) is 35.3 Å². The summed E-state index contributed by atoms with van der Waals surface area (Å²) in [6.07, 6.45) is 0. The third-order valence-corrected chi connectivity index (χ3v) is 6.46. The number of carbonyl (C=O) groups is 2. The minimum atomic E-state index is -0.566. The van der Waals surface area contributed by atoms with Crippen molar-refractivity contribution in [3.05, 3.63) is 114 Å². The zero-order chi connectivity index (χ0) is 22.5. The van der Waals surface area contributed by atoms with Gasteiger partial charge in [0.15, 0.2) is 11.5 Å². The number of ether oxygens (including phenoxy) is 2. The maximum Gasteiger partial charge on any atom is 0.353 e. The Morgan fingerprint density at radius 3 is 1.28 bits per heavy atom. The van der Waals surface area contributed by atoms with Crippen LogP contribution in [0, 0.1) is 0 Å². The molecule has 2 aromatic carbocycles. The van der Waals surface area contributed by atoms with Gasteiger partial charge in [-0.25, -0.2) is 9.59 Å². The molecule has 0 aliphatic heterocycles. The summed E-state index contributed by atoms with van der Waals surface area (Å²) in [6.45, 7) is 0. The van der Waals surface area contributed by atoms with E-state index in [0.717, 1.165) is 0 Å². The van der Waals surface area contributed by atoms with Gasteiger partial charge in [0.05, 0.1) is 0 Å². The van der Waals surface area contributed by atoms with Crippen LogP contribution in [0.3, 0.4) is 0 Å². The van der Waals surface area contributed by atoms with Crippen LogP contribution in [0.5, 0.6) is 0 Å². The van der Waals surface area contributed by atoms with Crippen molar-refractivity contribution in [2.24, 2.45) is 0 Å². The number of hydrogen-bond donors (Lipinski definition) is 0. The second-order valence-corrected chi connectivity index (χ2v) is 9.17. The van der Waals surface area contributed by atoms with E-state index in [4.69, 9.17) is 32.7 Å². The molecule has 0 amide bonds. The fourth-order valence-electron chi connectivity index (χ4n) is 2.75. The lowest BCUT2D eigenvalue weighted by Gasteiger charge is -2.16. The van der Waals surface area contributed by atoms with Gasteiger partial charge in [-0.3, -0.25) is 0 Å². The highest BCUT2D eigenvalue weighted by molar-refractivity contribution is 7.12. The highest BCUT2D eigenvalue weighted by Gasteiger charge is 2.23. The standard InChI is InChI=1S/C24H14Cl2O4S2/c25-17-9-5-15(6-10-17)21(29-23(27)19-3-1-13-31-19)22(16-7-11-18(26)12-8-16)30-24(28)20-4-2-14-32-20/h1-14H/b22-21+. The molecule has 0 fully saturated rings. The molecule has 160 valence electrons.